The summed E-state index contributed by atoms with van der Waals surface area (Å²) in [6.07, 6.45) is 2.36. The van der Waals surface area contributed by atoms with Gasteiger partial charge in [-0.25, -0.2) is 9.78 Å². The van der Waals surface area contributed by atoms with E-state index in [1.54, 1.807) is 12.3 Å². The van der Waals surface area contributed by atoms with Crippen LogP contribution in [0.15, 0.2) is 18.3 Å². The first-order valence-electron chi connectivity index (χ1n) is 4.90. The number of ether oxygens (including phenoxy) is 1. The Labute approximate surface area is 96.5 Å². The first kappa shape index (κ1) is 11.1. The fourth-order valence-electron chi connectivity index (χ4n) is 1.64. The minimum atomic E-state index is -0.652. The summed E-state index contributed by atoms with van der Waals surface area (Å²) in [5, 5.41) is 9.72. The smallest absolute Gasteiger partial charge is 0.359 e. The van der Waals surface area contributed by atoms with Crippen molar-refractivity contribution in [1.82, 2.24) is 9.38 Å². The van der Waals surface area contributed by atoms with Crippen LogP contribution in [0.4, 0.5) is 0 Å². The average molecular weight is 234 g/mol. The average Bonchev–Trinajstić information content (AvgIpc) is 2.69. The fraction of sp³-hybridized carbons (Fsp3) is 0.182. The summed E-state index contributed by atoms with van der Waals surface area (Å²) in [6, 6.07) is 3.04. The van der Waals surface area contributed by atoms with Gasteiger partial charge in [0.1, 0.15) is 23.4 Å². The van der Waals surface area contributed by atoms with Crippen molar-refractivity contribution in [1.29, 1.82) is 0 Å². The molecule has 0 bridgehead atoms. The van der Waals surface area contributed by atoms with Crippen LogP contribution in [0.5, 0.6) is 5.75 Å². The molecule has 0 saturated carbocycles. The zero-order valence-electron chi connectivity index (χ0n) is 9.08. The molecule has 0 aliphatic heterocycles. The summed E-state index contributed by atoms with van der Waals surface area (Å²) >= 11 is 0. The van der Waals surface area contributed by atoms with E-state index in [-0.39, 0.29) is 23.4 Å². The predicted octanol–water partition coefficient (Wildman–Crippen LogP) is 0.568. The molecular weight excluding hydrogens is 224 g/mol. The number of carbonyl (C=O) groups is 2. The van der Waals surface area contributed by atoms with Gasteiger partial charge >= 0.3 is 5.97 Å². The van der Waals surface area contributed by atoms with E-state index in [2.05, 4.69) is 9.72 Å². The number of hydrogen-bond donors (Lipinski definition) is 1. The van der Waals surface area contributed by atoms with E-state index < -0.39 is 5.97 Å². The second-order valence-electron chi connectivity index (χ2n) is 3.35. The normalized spacial score (nSPS) is 10.4. The highest BCUT2D eigenvalue weighted by molar-refractivity contribution is 5.97. The van der Waals surface area contributed by atoms with Crippen LogP contribution >= 0.6 is 0 Å². The fourth-order valence-corrected chi connectivity index (χ4v) is 1.64. The molecule has 0 spiro atoms. The van der Waals surface area contributed by atoms with Crippen LogP contribution in [0.25, 0.3) is 5.52 Å². The molecule has 88 valence electrons. The number of pyridine rings is 1. The van der Waals surface area contributed by atoms with Crippen molar-refractivity contribution in [2.24, 2.45) is 0 Å². The number of aromatic nitrogens is 2. The molecule has 0 radical (unpaired) electrons. The summed E-state index contributed by atoms with van der Waals surface area (Å²) in [7, 11) is 1.23. The first-order valence-corrected chi connectivity index (χ1v) is 4.90. The van der Waals surface area contributed by atoms with Gasteiger partial charge in [0.15, 0.2) is 5.69 Å². The lowest BCUT2D eigenvalue weighted by atomic mass is 10.3. The van der Waals surface area contributed by atoms with Crippen molar-refractivity contribution in [3.63, 3.8) is 0 Å². The Morgan fingerprint density at radius 1 is 1.65 bits per heavy atom. The summed E-state index contributed by atoms with van der Waals surface area (Å²) < 4.78 is 6.07. The van der Waals surface area contributed by atoms with Gasteiger partial charge in [-0.15, -0.1) is 0 Å². The van der Waals surface area contributed by atoms with Crippen LogP contribution in [-0.4, -0.2) is 33.9 Å². The second-order valence-corrected chi connectivity index (χ2v) is 3.35. The summed E-state index contributed by atoms with van der Waals surface area (Å²) in [5.74, 6) is -0.356. The Hall–Kier alpha value is -2.37. The lowest BCUT2D eigenvalue weighted by Crippen LogP contribution is -2.02. The van der Waals surface area contributed by atoms with E-state index in [4.69, 9.17) is 0 Å². The van der Waals surface area contributed by atoms with Gasteiger partial charge in [-0.3, -0.25) is 4.40 Å². The maximum Gasteiger partial charge on any atom is 0.359 e. The number of carbonyl (C=O) groups excluding carboxylic acids is 2. The minimum Gasteiger partial charge on any atom is -0.506 e. The molecule has 17 heavy (non-hydrogen) atoms. The molecule has 6 heteroatoms. The summed E-state index contributed by atoms with van der Waals surface area (Å²) in [5.41, 5.74) is 0.249. The topological polar surface area (TPSA) is 80.9 Å². The van der Waals surface area contributed by atoms with Gasteiger partial charge < -0.3 is 14.6 Å². The Morgan fingerprint density at radius 2 is 2.41 bits per heavy atom. The Morgan fingerprint density at radius 3 is 3.06 bits per heavy atom. The van der Waals surface area contributed by atoms with Gasteiger partial charge in [-0.1, -0.05) is 0 Å². The molecule has 1 N–H and O–H groups in total. The Kier molecular flexibility index (Phi) is 2.78. The lowest BCUT2D eigenvalue weighted by Gasteiger charge is -2.00. The SMILES string of the molecule is COC(=O)c1nc(CC=O)n2cccc(O)c12. The second kappa shape index (κ2) is 4.25. The lowest BCUT2D eigenvalue weighted by molar-refractivity contribution is -0.107. The third-order valence-electron chi connectivity index (χ3n) is 2.36. The van der Waals surface area contributed by atoms with Gasteiger partial charge in [-0.05, 0) is 12.1 Å². The number of nitrogens with zero attached hydrogens (tertiary/aromatic N) is 2. The van der Waals surface area contributed by atoms with Gasteiger partial charge in [0.2, 0.25) is 0 Å². The third-order valence-corrected chi connectivity index (χ3v) is 2.36. The van der Waals surface area contributed by atoms with Crippen molar-refractivity contribution < 1.29 is 19.4 Å². The van der Waals surface area contributed by atoms with Gasteiger partial charge in [0.05, 0.1) is 13.5 Å². The molecule has 0 aromatic carbocycles. The highest BCUT2D eigenvalue weighted by Gasteiger charge is 2.20. The third kappa shape index (κ3) is 1.73. The largest absolute Gasteiger partial charge is 0.506 e. The van der Waals surface area contributed by atoms with Crippen LogP contribution in [0.3, 0.4) is 0 Å². The van der Waals surface area contributed by atoms with Crippen LogP contribution in [0.2, 0.25) is 0 Å². The van der Waals surface area contributed by atoms with E-state index >= 15 is 0 Å². The van der Waals surface area contributed by atoms with Gasteiger partial charge in [-0.2, -0.15) is 0 Å². The van der Waals surface area contributed by atoms with Crippen molar-refractivity contribution in [3.8, 4) is 5.75 Å². The van der Waals surface area contributed by atoms with Gasteiger partial charge in [0.25, 0.3) is 0 Å². The molecule has 2 aromatic rings. The Bertz CT molecular complexity index is 588. The van der Waals surface area contributed by atoms with Crippen LogP contribution in [-0.2, 0) is 16.0 Å². The molecule has 2 rings (SSSR count). The first-order chi connectivity index (χ1) is 8.19. The molecule has 0 unspecified atom stereocenters. The van der Waals surface area contributed by atoms with Crippen LogP contribution in [0.1, 0.15) is 16.3 Å². The molecule has 0 saturated heterocycles. The molecule has 0 aliphatic carbocycles. The maximum atomic E-state index is 11.5. The zero-order chi connectivity index (χ0) is 12.4. The number of hydrogen-bond acceptors (Lipinski definition) is 5. The summed E-state index contributed by atoms with van der Waals surface area (Å²) in [4.78, 5) is 26.0. The maximum absolute atomic E-state index is 11.5. The number of imidazole rings is 1. The van der Waals surface area contributed by atoms with Gasteiger partial charge in [0, 0.05) is 6.20 Å². The standard InChI is InChI=1S/C11H10N2O4/c1-17-11(16)9-10-7(15)3-2-5-13(10)8(12-9)4-6-14/h2-3,5-6,15H,4H2,1H3. The highest BCUT2D eigenvalue weighted by Crippen LogP contribution is 2.23. The van der Waals surface area contributed by atoms with Crippen molar-refractivity contribution >= 4 is 17.8 Å². The van der Waals surface area contributed by atoms with E-state index in [9.17, 15) is 14.7 Å². The number of aromatic hydroxyl groups is 1. The molecule has 0 aliphatic rings. The molecule has 2 aromatic heterocycles. The number of aldehydes is 1. The molecular formula is C11H10N2O4. The van der Waals surface area contributed by atoms with Crippen LogP contribution in [0, 0.1) is 0 Å². The van der Waals surface area contributed by atoms with Crippen molar-refractivity contribution in [2.75, 3.05) is 7.11 Å². The number of esters is 1. The monoisotopic (exact) mass is 234 g/mol. The quantitative estimate of drug-likeness (QED) is 0.620. The number of rotatable bonds is 3. The number of methoxy groups -OCH3 is 1. The van der Waals surface area contributed by atoms with Crippen LogP contribution < -0.4 is 0 Å². The van der Waals surface area contributed by atoms with Crippen molar-refractivity contribution in [3.05, 3.63) is 29.8 Å². The molecule has 6 nitrogen and oxygen atoms in total. The minimum absolute atomic E-state index is 0.00227. The van der Waals surface area contributed by atoms with E-state index in [0.717, 1.165) is 0 Å². The highest BCUT2D eigenvalue weighted by atomic mass is 16.5. The zero-order valence-corrected chi connectivity index (χ0v) is 9.08. The predicted molar refractivity (Wildman–Crippen MR) is 58.0 cm³/mol. The molecule has 0 amide bonds. The number of fused-ring (bicyclic) bond motifs is 1. The molecule has 2 heterocycles. The van der Waals surface area contributed by atoms with E-state index in [1.165, 1.54) is 17.6 Å². The van der Waals surface area contributed by atoms with E-state index in [1.807, 2.05) is 0 Å². The molecule has 0 atom stereocenters. The van der Waals surface area contributed by atoms with Crippen molar-refractivity contribution in [2.45, 2.75) is 6.42 Å². The van der Waals surface area contributed by atoms with E-state index in [0.29, 0.717) is 12.1 Å². The Balaban J connectivity index is 2.75. The molecule has 0 fully saturated rings. The summed E-state index contributed by atoms with van der Waals surface area (Å²) in [6.45, 7) is 0.